The Morgan fingerprint density at radius 2 is 2.20 bits per heavy atom. The standard InChI is InChI=1S/C11H14N2O.ClH/c1-3-9-8(2)12-10-6-4-5-7-13(10)11(9)14;/h3H,1,4-7H2,2H3;1H. The van der Waals surface area contributed by atoms with Crippen LogP contribution in [0.3, 0.4) is 0 Å². The Labute approximate surface area is 95.3 Å². The lowest BCUT2D eigenvalue weighted by molar-refractivity contribution is 0.493. The molecular formula is C11H15ClN2O. The molecule has 0 atom stereocenters. The number of nitrogens with zero attached hydrogens (tertiary/aromatic N) is 2. The predicted molar refractivity (Wildman–Crippen MR) is 63.5 cm³/mol. The topological polar surface area (TPSA) is 34.9 Å². The molecule has 3 nitrogen and oxygen atoms in total. The lowest BCUT2D eigenvalue weighted by atomic mass is 10.1. The molecule has 0 bridgehead atoms. The maximum atomic E-state index is 11.9. The Morgan fingerprint density at radius 1 is 1.47 bits per heavy atom. The molecule has 0 N–H and O–H groups in total. The minimum absolute atomic E-state index is 0. The third kappa shape index (κ3) is 1.97. The lowest BCUT2D eigenvalue weighted by Gasteiger charge is -2.18. The van der Waals surface area contributed by atoms with Gasteiger partial charge in [0.1, 0.15) is 5.82 Å². The van der Waals surface area contributed by atoms with Crippen molar-refractivity contribution in [3.63, 3.8) is 0 Å². The fraction of sp³-hybridized carbons (Fsp3) is 0.455. The van der Waals surface area contributed by atoms with Crippen LogP contribution in [0.15, 0.2) is 11.4 Å². The van der Waals surface area contributed by atoms with E-state index in [0.717, 1.165) is 37.3 Å². The third-order valence-electron chi connectivity index (χ3n) is 2.71. The van der Waals surface area contributed by atoms with Gasteiger partial charge in [0.2, 0.25) is 0 Å². The number of aromatic nitrogens is 2. The first-order valence-corrected chi connectivity index (χ1v) is 4.97. The number of aryl methyl sites for hydroxylation is 2. The zero-order valence-corrected chi connectivity index (χ0v) is 9.64. The Bertz CT molecular complexity index is 437. The molecule has 2 rings (SSSR count). The minimum Gasteiger partial charge on any atom is -0.296 e. The van der Waals surface area contributed by atoms with Gasteiger partial charge in [-0.1, -0.05) is 12.7 Å². The molecule has 0 unspecified atom stereocenters. The lowest BCUT2D eigenvalue weighted by Crippen LogP contribution is -2.30. The molecule has 2 heterocycles. The molecule has 1 aliphatic rings. The first-order chi connectivity index (χ1) is 6.74. The van der Waals surface area contributed by atoms with Gasteiger partial charge < -0.3 is 0 Å². The fourth-order valence-corrected chi connectivity index (χ4v) is 1.94. The van der Waals surface area contributed by atoms with Crippen molar-refractivity contribution in [3.8, 4) is 0 Å². The fourth-order valence-electron chi connectivity index (χ4n) is 1.94. The molecule has 0 amide bonds. The summed E-state index contributed by atoms with van der Waals surface area (Å²) in [7, 11) is 0. The second kappa shape index (κ2) is 4.62. The maximum Gasteiger partial charge on any atom is 0.261 e. The molecule has 1 aromatic heterocycles. The predicted octanol–water partition coefficient (Wildman–Crippen LogP) is 1.95. The molecule has 4 heteroatoms. The average molecular weight is 227 g/mol. The summed E-state index contributed by atoms with van der Waals surface area (Å²) in [5.41, 5.74) is 1.52. The van der Waals surface area contributed by atoms with Crippen LogP contribution in [0.5, 0.6) is 0 Å². The normalized spacial score (nSPS) is 13.9. The SMILES string of the molecule is C=Cc1c(C)nc2n(c1=O)CCCC2.Cl. The van der Waals surface area contributed by atoms with Crippen LogP contribution in [-0.2, 0) is 13.0 Å². The van der Waals surface area contributed by atoms with Crippen molar-refractivity contribution >= 4 is 18.5 Å². The summed E-state index contributed by atoms with van der Waals surface area (Å²) in [6.07, 6.45) is 4.74. The molecular weight excluding hydrogens is 212 g/mol. The molecule has 0 spiro atoms. The number of fused-ring (bicyclic) bond motifs is 1. The van der Waals surface area contributed by atoms with Crippen molar-refractivity contribution in [2.75, 3.05) is 0 Å². The van der Waals surface area contributed by atoms with Gasteiger partial charge in [0.15, 0.2) is 0 Å². The number of hydrogen-bond acceptors (Lipinski definition) is 2. The van der Waals surface area contributed by atoms with Crippen LogP contribution in [0.2, 0.25) is 0 Å². The minimum atomic E-state index is 0. The zero-order chi connectivity index (χ0) is 10.1. The highest BCUT2D eigenvalue weighted by Crippen LogP contribution is 2.12. The number of halogens is 1. The Morgan fingerprint density at radius 3 is 2.87 bits per heavy atom. The van der Waals surface area contributed by atoms with Crippen molar-refractivity contribution in [1.29, 1.82) is 0 Å². The highest BCUT2D eigenvalue weighted by molar-refractivity contribution is 5.85. The smallest absolute Gasteiger partial charge is 0.261 e. The van der Waals surface area contributed by atoms with E-state index in [1.54, 1.807) is 10.6 Å². The van der Waals surface area contributed by atoms with Gasteiger partial charge >= 0.3 is 0 Å². The van der Waals surface area contributed by atoms with E-state index in [4.69, 9.17) is 0 Å². The summed E-state index contributed by atoms with van der Waals surface area (Å²) in [5.74, 6) is 0.935. The van der Waals surface area contributed by atoms with Crippen LogP contribution < -0.4 is 5.56 Å². The quantitative estimate of drug-likeness (QED) is 0.734. The molecule has 1 aliphatic heterocycles. The van der Waals surface area contributed by atoms with Crippen LogP contribution in [0.1, 0.15) is 29.9 Å². The Hall–Kier alpha value is -1.09. The van der Waals surface area contributed by atoms with Crippen molar-refractivity contribution in [2.24, 2.45) is 0 Å². The maximum absolute atomic E-state index is 11.9. The van der Waals surface area contributed by atoms with Gasteiger partial charge in [-0.25, -0.2) is 4.98 Å². The van der Waals surface area contributed by atoms with E-state index in [1.165, 1.54) is 0 Å². The highest BCUT2D eigenvalue weighted by atomic mass is 35.5. The summed E-state index contributed by atoms with van der Waals surface area (Å²) in [4.78, 5) is 16.4. The van der Waals surface area contributed by atoms with E-state index in [9.17, 15) is 4.79 Å². The summed E-state index contributed by atoms with van der Waals surface area (Å²) < 4.78 is 1.79. The molecule has 0 aromatic carbocycles. The van der Waals surface area contributed by atoms with Gasteiger partial charge in [-0.2, -0.15) is 0 Å². The second-order valence-electron chi connectivity index (χ2n) is 3.65. The zero-order valence-electron chi connectivity index (χ0n) is 8.82. The van der Waals surface area contributed by atoms with Crippen LogP contribution in [0.4, 0.5) is 0 Å². The molecule has 82 valence electrons. The van der Waals surface area contributed by atoms with Crippen molar-refractivity contribution in [3.05, 3.63) is 34.0 Å². The highest BCUT2D eigenvalue weighted by Gasteiger charge is 2.14. The molecule has 0 radical (unpaired) electrons. The average Bonchev–Trinajstić information content (AvgIpc) is 2.18. The van der Waals surface area contributed by atoms with Crippen molar-refractivity contribution < 1.29 is 0 Å². The summed E-state index contributed by atoms with van der Waals surface area (Å²) in [5, 5.41) is 0. The summed E-state index contributed by atoms with van der Waals surface area (Å²) >= 11 is 0. The number of hydrogen-bond donors (Lipinski definition) is 0. The first kappa shape index (κ1) is 12.0. The van der Waals surface area contributed by atoms with E-state index in [1.807, 2.05) is 6.92 Å². The second-order valence-corrected chi connectivity index (χ2v) is 3.65. The van der Waals surface area contributed by atoms with Gasteiger partial charge in [-0.15, -0.1) is 12.4 Å². The van der Waals surface area contributed by atoms with Crippen LogP contribution >= 0.6 is 12.4 Å². The van der Waals surface area contributed by atoms with E-state index < -0.39 is 0 Å². The van der Waals surface area contributed by atoms with Gasteiger partial charge in [0.05, 0.1) is 11.3 Å². The van der Waals surface area contributed by atoms with E-state index >= 15 is 0 Å². The summed E-state index contributed by atoms with van der Waals surface area (Å²) in [6, 6.07) is 0. The largest absolute Gasteiger partial charge is 0.296 e. The van der Waals surface area contributed by atoms with E-state index in [0.29, 0.717) is 5.56 Å². The number of rotatable bonds is 1. The van der Waals surface area contributed by atoms with Crippen molar-refractivity contribution in [1.82, 2.24) is 9.55 Å². The van der Waals surface area contributed by atoms with Gasteiger partial charge in [-0.3, -0.25) is 9.36 Å². The Kier molecular flexibility index (Phi) is 3.69. The monoisotopic (exact) mass is 226 g/mol. The molecule has 0 aliphatic carbocycles. The van der Waals surface area contributed by atoms with Gasteiger partial charge in [-0.05, 0) is 19.8 Å². The van der Waals surface area contributed by atoms with Crippen LogP contribution in [0.25, 0.3) is 6.08 Å². The van der Waals surface area contributed by atoms with Crippen molar-refractivity contribution in [2.45, 2.75) is 32.7 Å². The molecule has 15 heavy (non-hydrogen) atoms. The van der Waals surface area contributed by atoms with Gasteiger partial charge in [0, 0.05) is 13.0 Å². The molecule has 0 saturated heterocycles. The molecule has 0 fully saturated rings. The van der Waals surface area contributed by atoms with Crippen LogP contribution in [-0.4, -0.2) is 9.55 Å². The molecule has 0 saturated carbocycles. The van der Waals surface area contributed by atoms with Crippen LogP contribution in [0, 0.1) is 6.92 Å². The summed E-state index contributed by atoms with van der Waals surface area (Å²) in [6.45, 7) is 6.32. The third-order valence-corrected chi connectivity index (χ3v) is 2.71. The van der Waals surface area contributed by atoms with E-state index in [2.05, 4.69) is 11.6 Å². The van der Waals surface area contributed by atoms with Gasteiger partial charge in [0.25, 0.3) is 5.56 Å². The molecule has 1 aromatic rings. The van der Waals surface area contributed by atoms with E-state index in [-0.39, 0.29) is 18.0 Å². The Balaban J connectivity index is 0.00000112. The first-order valence-electron chi connectivity index (χ1n) is 4.97.